The van der Waals surface area contributed by atoms with Crippen LogP contribution in [0.4, 0.5) is 5.69 Å². The van der Waals surface area contributed by atoms with Gasteiger partial charge in [0.1, 0.15) is 0 Å². The minimum Gasteiger partial charge on any atom is -0.456 e. The van der Waals surface area contributed by atoms with Crippen LogP contribution in [0.25, 0.3) is 0 Å². The summed E-state index contributed by atoms with van der Waals surface area (Å²) in [5.74, 6) is -2.12. The predicted molar refractivity (Wildman–Crippen MR) is 102 cm³/mol. The van der Waals surface area contributed by atoms with Gasteiger partial charge in [-0.2, -0.15) is 0 Å². The number of ether oxygens (including phenoxy) is 1. The Morgan fingerprint density at radius 1 is 1.11 bits per heavy atom. The van der Waals surface area contributed by atoms with Crippen molar-refractivity contribution >= 4 is 29.4 Å². The molecule has 0 spiro atoms. The number of esters is 1. The molecule has 2 aliphatic rings. The SMILES string of the molecule is Cc1cccc(NC(=O)COC(=O)CCN2C(=O)[C@@H]3CC=CC[C@H]3C2=O)c1C. The molecule has 7 nitrogen and oxygen atoms in total. The minimum atomic E-state index is -0.621. The number of carbonyl (C=O) groups is 4. The number of nitrogens with zero attached hydrogens (tertiary/aromatic N) is 1. The van der Waals surface area contributed by atoms with Crippen LogP contribution in [0.1, 0.15) is 30.4 Å². The van der Waals surface area contributed by atoms with Gasteiger partial charge in [-0.1, -0.05) is 24.3 Å². The molecule has 1 aromatic rings. The summed E-state index contributed by atoms with van der Waals surface area (Å²) in [6.45, 7) is 3.41. The van der Waals surface area contributed by atoms with Gasteiger partial charge in [0.2, 0.25) is 11.8 Å². The number of likely N-dealkylation sites (tertiary alicyclic amines) is 1. The monoisotopic (exact) mass is 384 g/mol. The van der Waals surface area contributed by atoms with Crippen LogP contribution in [-0.4, -0.2) is 41.7 Å². The summed E-state index contributed by atoms with van der Waals surface area (Å²) in [5, 5.41) is 2.71. The van der Waals surface area contributed by atoms with Crippen molar-refractivity contribution in [1.29, 1.82) is 0 Å². The summed E-state index contributed by atoms with van der Waals surface area (Å²) in [5.41, 5.74) is 2.67. The van der Waals surface area contributed by atoms with E-state index in [9.17, 15) is 19.2 Å². The number of amides is 3. The first kappa shape index (κ1) is 19.8. The molecular weight excluding hydrogens is 360 g/mol. The normalized spacial score (nSPS) is 20.9. The molecule has 148 valence electrons. The molecule has 1 aromatic carbocycles. The van der Waals surface area contributed by atoms with Crippen molar-refractivity contribution in [3.05, 3.63) is 41.5 Å². The Hall–Kier alpha value is -2.96. The molecule has 3 amide bonds. The summed E-state index contributed by atoms with van der Waals surface area (Å²) in [4.78, 5) is 49.8. The Morgan fingerprint density at radius 3 is 2.39 bits per heavy atom. The van der Waals surface area contributed by atoms with Gasteiger partial charge in [-0.15, -0.1) is 0 Å². The summed E-state index contributed by atoms with van der Waals surface area (Å²) in [6, 6.07) is 5.56. The van der Waals surface area contributed by atoms with Gasteiger partial charge >= 0.3 is 5.97 Å². The molecule has 0 radical (unpaired) electrons. The minimum absolute atomic E-state index is 0.0118. The number of rotatable bonds is 6. The van der Waals surface area contributed by atoms with Gasteiger partial charge in [0, 0.05) is 12.2 Å². The first-order valence-electron chi connectivity index (χ1n) is 9.40. The summed E-state index contributed by atoms with van der Waals surface area (Å²) in [7, 11) is 0. The average molecular weight is 384 g/mol. The zero-order chi connectivity index (χ0) is 20.3. The second kappa shape index (κ2) is 8.37. The number of carbonyl (C=O) groups excluding carboxylic acids is 4. The number of hydrogen-bond donors (Lipinski definition) is 1. The molecule has 7 heteroatoms. The molecule has 28 heavy (non-hydrogen) atoms. The van der Waals surface area contributed by atoms with Crippen LogP contribution >= 0.6 is 0 Å². The van der Waals surface area contributed by atoms with Crippen molar-refractivity contribution in [2.75, 3.05) is 18.5 Å². The summed E-state index contributed by atoms with van der Waals surface area (Å²) in [6.07, 6.45) is 4.84. The third kappa shape index (κ3) is 4.13. The molecule has 0 saturated carbocycles. The van der Waals surface area contributed by atoms with Crippen molar-refractivity contribution in [3.63, 3.8) is 0 Å². The maximum absolute atomic E-state index is 12.3. The first-order chi connectivity index (χ1) is 13.4. The second-order valence-corrected chi connectivity index (χ2v) is 7.19. The molecule has 1 heterocycles. The van der Waals surface area contributed by atoms with Gasteiger partial charge in [-0.25, -0.2) is 0 Å². The van der Waals surface area contributed by atoms with Crippen molar-refractivity contribution in [1.82, 2.24) is 4.90 Å². The van der Waals surface area contributed by atoms with E-state index in [0.29, 0.717) is 18.5 Å². The van der Waals surface area contributed by atoms with E-state index in [4.69, 9.17) is 4.74 Å². The highest BCUT2D eigenvalue weighted by atomic mass is 16.5. The van der Waals surface area contributed by atoms with Crippen LogP contribution in [0.15, 0.2) is 30.4 Å². The molecule has 1 aliphatic heterocycles. The van der Waals surface area contributed by atoms with Crippen LogP contribution in [0.5, 0.6) is 0 Å². The molecule has 1 saturated heterocycles. The van der Waals surface area contributed by atoms with E-state index < -0.39 is 18.5 Å². The van der Waals surface area contributed by atoms with Gasteiger partial charge in [0.25, 0.3) is 5.91 Å². The molecule has 1 N–H and O–H groups in total. The molecule has 0 unspecified atom stereocenters. The second-order valence-electron chi connectivity index (χ2n) is 7.19. The number of hydrogen-bond acceptors (Lipinski definition) is 5. The molecule has 0 aromatic heterocycles. The standard InChI is InChI=1S/C21H24N2O5/c1-13-6-5-9-17(14(13)2)22-18(24)12-28-19(25)10-11-23-20(26)15-7-3-4-8-16(15)21(23)27/h3-6,9,15-16H,7-8,10-12H2,1-2H3,(H,22,24)/t15-,16-/m1/s1. The highest BCUT2D eigenvalue weighted by molar-refractivity contribution is 6.05. The number of benzene rings is 1. The highest BCUT2D eigenvalue weighted by Crippen LogP contribution is 2.35. The summed E-state index contributed by atoms with van der Waals surface area (Å²) < 4.78 is 4.98. The van der Waals surface area contributed by atoms with Crippen LogP contribution in [-0.2, 0) is 23.9 Å². The Balaban J connectivity index is 1.45. The average Bonchev–Trinajstić information content (AvgIpc) is 2.93. The van der Waals surface area contributed by atoms with Gasteiger partial charge in [-0.05, 0) is 43.9 Å². The van der Waals surface area contributed by atoms with Gasteiger partial charge in [0.05, 0.1) is 18.3 Å². The van der Waals surface area contributed by atoms with Gasteiger partial charge < -0.3 is 10.1 Å². The Kier molecular flexibility index (Phi) is 5.92. The molecular formula is C21H24N2O5. The van der Waals surface area contributed by atoms with Gasteiger partial charge in [-0.3, -0.25) is 24.1 Å². The zero-order valence-corrected chi connectivity index (χ0v) is 16.1. The van der Waals surface area contributed by atoms with Crippen LogP contribution in [0, 0.1) is 25.7 Å². The fourth-order valence-corrected chi connectivity index (χ4v) is 3.58. The molecule has 2 atom stereocenters. The van der Waals surface area contributed by atoms with E-state index in [1.165, 1.54) is 0 Å². The topological polar surface area (TPSA) is 92.8 Å². The fourth-order valence-electron chi connectivity index (χ4n) is 3.58. The number of fused-ring (bicyclic) bond motifs is 1. The molecule has 3 rings (SSSR count). The van der Waals surface area contributed by atoms with E-state index in [1.807, 2.05) is 38.1 Å². The number of allylic oxidation sites excluding steroid dienone is 2. The molecule has 0 bridgehead atoms. The third-order valence-electron chi connectivity index (χ3n) is 5.38. The lowest BCUT2D eigenvalue weighted by Crippen LogP contribution is -2.33. The highest BCUT2D eigenvalue weighted by Gasteiger charge is 2.46. The maximum Gasteiger partial charge on any atom is 0.308 e. The maximum atomic E-state index is 12.3. The van der Waals surface area contributed by atoms with Crippen molar-refractivity contribution in [3.8, 4) is 0 Å². The lowest BCUT2D eigenvalue weighted by molar-refractivity contribution is -0.148. The fraction of sp³-hybridized carbons (Fsp3) is 0.429. The molecule has 1 fully saturated rings. The quantitative estimate of drug-likeness (QED) is 0.461. The molecule has 1 aliphatic carbocycles. The van der Waals surface area contributed by atoms with Crippen molar-refractivity contribution < 1.29 is 23.9 Å². The van der Waals surface area contributed by atoms with E-state index in [1.54, 1.807) is 6.07 Å². The van der Waals surface area contributed by atoms with E-state index in [0.717, 1.165) is 16.0 Å². The van der Waals surface area contributed by atoms with Crippen molar-refractivity contribution in [2.45, 2.75) is 33.1 Å². The largest absolute Gasteiger partial charge is 0.456 e. The van der Waals surface area contributed by atoms with Crippen LogP contribution in [0.2, 0.25) is 0 Å². The van der Waals surface area contributed by atoms with Gasteiger partial charge in [0.15, 0.2) is 6.61 Å². The van der Waals surface area contributed by atoms with E-state index in [-0.39, 0.29) is 36.6 Å². The number of aryl methyl sites for hydroxylation is 1. The van der Waals surface area contributed by atoms with Crippen LogP contribution < -0.4 is 5.32 Å². The number of nitrogens with one attached hydrogen (secondary N) is 1. The lowest BCUT2D eigenvalue weighted by Gasteiger charge is -2.14. The van der Waals surface area contributed by atoms with Crippen molar-refractivity contribution in [2.24, 2.45) is 11.8 Å². The predicted octanol–water partition coefficient (Wildman–Crippen LogP) is 2.13. The lowest BCUT2D eigenvalue weighted by atomic mass is 9.85. The van der Waals surface area contributed by atoms with E-state index >= 15 is 0 Å². The third-order valence-corrected chi connectivity index (χ3v) is 5.38. The van der Waals surface area contributed by atoms with E-state index in [2.05, 4.69) is 5.32 Å². The number of imide groups is 1. The van der Waals surface area contributed by atoms with Crippen LogP contribution in [0.3, 0.4) is 0 Å². The summed E-state index contributed by atoms with van der Waals surface area (Å²) >= 11 is 0. The Bertz CT molecular complexity index is 819. The zero-order valence-electron chi connectivity index (χ0n) is 16.1. The first-order valence-corrected chi connectivity index (χ1v) is 9.40. The number of anilines is 1. The Morgan fingerprint density at radius 2 is 1.75 bits per heavy atom. The Labute approximate surface area is 163 Å². The smallest absolute Gasteiger partial charge is 0.308 e.